The first kappa shape index (κ1) is 17.1. The first-order valence-corrected chi connectivity index (χ1v) is 9.14. The van der Waals surface area contributed by atoms with Gasteiger partial charge in [0.2, 0.25) is 0 Å². The lowest BCUT2D eigenvalue weighted by molar-refractivity contribution is 0.192. The van der Waals surface area contributed by atoms with Crippen LogP contribution in [-0.4, -0.2) is 34.1 Å². The summed E-state index contributed by atoms with van der Waals surface area (Å²) in [6.45, 7) is 3.18. The molecule has 0 saturated carbocycles. The number of hydrogen-bond donors (Lipinski definition) is 2. The number of rotatable bonds is 4. The Morgan fingerprint density at radius 3 is 2.74 bits per heavy atom. The minimum atomic E-state index is -0.205. The molecule has 4 rings (SSSR count). The Kier molecular flexibility index (Phi) is 4.78. The van der Waals surface area contributed by atoms with Gasteiger partial charge < -0.3 is 19.9 Å². The maximum atomic E-state index is 13.0. The quantitative estimate of drug-likeness (QED) is 0.737. The van der Waals surface area contributed by atoms with Crippen molar-refractivity contribution in [2.75, 3.05) is 18.5 Å². The summed E-state index contributed by atoms with van der Waals surface area (Å²) in [4.78, 5) is 22.6. The lowest BCUT2D eigenvalue weighted by Crippen LogP contribution is -2.43. The number of imidazole rings is 1. The van der Waals surface area contributed by atoms with Gasteiger partial charge in [0, 0.05) is 24.3 Å². The van der Waals surface area contributed by atoms with Crippen LogP contribution in [0.15, 0.2) is 60.9 Å². The monoisotopic (exact) mass is 362 g/mol. The molecule has 0 spiro atoms. The zero-order valence-electron chi connectivity index (χ0n) is 15.2. The lowest BCUT2D eigenvalue weighted by Gasteiger charge is -2.35. The van der Waals surface area contributed by atoms with E-state index in [2.05, 4.69) is 15.3 Å². The molecule has 1 atom stereocenters. The van der Waals surface area contributed by atoms with Crippen molar-refractivity contribution in [1.82, 2.24) is 14.9 Å². The Labute approximate surface area is 158 Å². The number of anilines is 1. The topological polar surface area (TPSA) is 70.2 Å². The third-order valence-electron chi connectivity index (χ3n) is 4.72. The molecule has 1 unspecified atom stereocenters. The molecule has 6 heteroatoms. The Morgan fingerprint density at radius 1 is 1.22 bits per heavy atom. The van der Waals surface area contributed by atoms with Crippen molar-refractivity contribution in [3.05, 3.63) is 77.9 Å². The fourth-order valence-electron chi connectivity index (χ4n) is 3.46. The molecular weight excluding hydrogens is 340 g/mol. The second-order valence-corrected chi connectivity index (χ2v) is 6.41. The highest BCUT2D eigenvalue weighted by molar-refractivity contribution is 5.90. The van der Waals surface area contributed by atoms with Crippen LogP contribution in [0.2, 0.25) is 0 Å². The smallest absolute Gasteiger partial charge is 0.322 e. The van der Waals surface area contributed by atoms with Gasteiger partial charge in [0.1, 0.15) is 11.8 Å². The summed E-state index contributed by atoms with van der Waals surface area (Å²) in [5.74, 6) is 0.789. The molecule has 0 fully saturated rings. The number of ether oxygens (including phenoxy) is 1. The van der Waals surface area contributed by atoms with Gasteiger partial charge in [-0.25, -0.2) is 9.78 Å². The van der Waals surface area contributed by atoms with E-state index in [0.29, 0.717) is 13.2 Å². The van der Waals surface area contributed by atoms with E-state index in [-0.39, 0.29) is 12.1 Å². The van der Waals surface area contributed by atoms with E-state index in [0.717, 1.165) is 34.8 Å². The third-order valence-corrected chi connectivity index (χ3v) is 4.72. The zero-order chi connectivity index (χ0) is 18.6. The number of aromatic amines is 1. The first-order chi connectivity index (χ1) is 13.3. The van der Waals surface area contributed by atoms with E-state index in [1.54, 1.807) is 6.33 Å². The van der Waals surface area contributed by atoms with E-state index < -0.39 is 0 Å². The predicted molar refractivity (Wildman–Crippen MR) is 104 cm³/mol. The molecule has 0 radical (unpaired) electrons. The molecule has 138 valence electrons. The summed E-state index contributed by atoms with van der Waals surface area (Å²) in [6, 6.07) is 17.1. The summed E-state index contributed by atoms with van der Waals surface area (Å²) >= 11 is 0. The molecule has 2 N–H and O–H groups in total. The van der Waals surface area contributed by atoms with Crippen LogP contribution in [0.5, 0.6) is 5.75 Å². The van der Waals surface area contributed by atoms with Crippen LogP contribution < -0.4 is 10.1 Å². The number of urea groups is 1. The van der Waals surface area contributed by atoms with Crippen LogP contribution in [0.3, 0.4) is 0 Å². The Hall–Kier alpha value is -3.28. The maximum absolute atomic E-state index is 13.0. The van der Waals surface area contributed by atoms with Crippen LogP contribution in [0.25, 0.3) is 0 Å². The summed E-state index contributed by atoms with van der Waals surface area (Å²) in [5.41, 5.74) is 3.79. The normalized spacial score (nSPS) is 15.9. The van der Waals surface area contributed by atoms with E-state index in [1.165, 1.54) is 0 Å². The molecular formula is C21H22N4O2. The number of fused-ring (bicyclic) bond motifs is 1. The maximum Gasteiger partial charge on any atom is 0.322 e. The van der Waals surface area contributed by atoms with E-state index in [1.807, 2.05) is 66.4 Å². The first-order valence-electron chi connectivity index (χ1n) is 9.14. The van der Waals surface area contributed by atoms with Crippen molar-refractivity contribution in [2.24, 2.45) is 0 Å². The molecule has 0 bridgehead atoms. The van der Waals surface area contributed by atoms with Gasteiger partial charge in [-0.15, -0.1) is 0 Å². The molecule has 1 aliphatic rings. The second kappa shape index (κ2) is 7.53. The van der Waals surface area contributed by atoms with Crippen LogP contribution in [0, 0.1) is 0 Å². The van der Waals surface area contributed by atoms with Crippen LogP contribution in [0.1, 0.15) is 29.9 Å². The molecule has 0 aliphatic carbocycles. The van der Waals surface area contributed by atoms with Crippen molar-refractivity contribution >= 4 is 11.7 Å². The molecule has 0 saturated heterocycles. The van der Waals surface area contributed by atoms with Crippen molar-refractivity contribution < 1.29 is 9.53 Å². The minimum Gasteiger partial charge on any atom is -0.494 e. The number of benzene rings is 2. The highest BCUT2D eigenvalue weighted by Crippen LogP contribution is 2.33. The van der Waals surface area contributed by atoms with Gasteiger partial charge in [0.25, 0.3) is 0 Å². The summed E-state index contributed by atoms with van der Waals surface area (Å²) < 4.78 is 5.45. The van der Waals surface area contributed by atoms with E-state index in [4.69, 9.17) is 4.74 Å². The molecule has 2 aromatic carbocycles. The number of hydrogen-bond acceptors (Lipinski definition) is 3. The molecule has 27 heavy (non-hydrogen) atoms. The highest BCUT2D eigenvalue weighted by Gasteiger charge is 2.34. The molecule has 3 aromatic rings. The fourth-order valence-corrected chi connectivity index (χ4v) is 3.46. The van der Waals surface area contributed by atoms with Gasteiger partial charge in [-0.1, -0.05) is 30.3 Å². The number of nitrogens with one attached hydrogen (secondary N) is 2. The number of aromatic nitrogens is 2. The molecule has 1 aliphatic heterocycles. The van der Waals surface area contributed by atoms with Crippen LogP contribution in [-0.2, 0) is 6.42 Å². The van der Waals surface area contributed by atoms with Gasteiger partial charge >= 0.3 is 6.03 Å². The van der Waals surface area contributed by atoms with Gasteiger partial charge in [0.05, 0.1) is 18.6 Å². The Balaban J connectivity index is 1.58. The van der Waals surface area contributed by atoms with Crippen molar-refractivity contribution in [3.63, 3.8) is 0 Å². The third kappa shape index (κ3) is 3.51. The van der Waals surface area contributed by atoms with Crippen LogP contribution >= 0.6 is 0 Å². The van der Waals surface area contributed by atoms with E-state index >= 15 is 0 Å². The molecule has 6 nitrogen and oxygen atoms in total. The second-order valence-electron chi connectivity index (χ2n) is 6.41. The number of amides is 2. The molecule has 2 amide bonds. The zero-order valence-corrected chi connectivity index (χ0v) is 15.2. The van der Waals surface area contributed by atoms with Crippen molar-refractivity contribution in [2.45, 2.75) is 19.4 Å². The lowest BCUT2D eigenvalue weighted by atomic mass is 9.96. The minimum absolute atomic E-state index is 0.137. The highest BCUT2D eigenvalue weighted by atomic mass is 16.5. The van der Waals surface area contributed by atoms with Crippen molar-refractivity contribution in [1.29, 1.82) is 0 Å². The largest absolute Gasteiger partial charge is 0.494 e. The van der Waals surface area contributed by atoms with Crippen molar-refractivity contribution in [3.8, 4) is 5.75 Å². The van der Waals surface area contributed by atoms with Gasteiger partial charge in [-0.2, -0.15) is 0 Å². The summed E-state index contributed by atoms with van der Waals surface area (Å²) in [5, 5.41) is 3.00. The Bertz CT molecular complexity index is 905. The number of carbonyl (C=O) groups is 1. The number of carbonyl (C=O) groups excluding carboxylic acids is 1. The number of nitrogens with zero attached hydrogens (tertiary/aromatic N) is 2. The molecule has 1 aromatic heterocycles. The van der Waals surface area contributed by atoms with Gasteiger partial charge in [0.15, 0.2) is 0 Å². The Morgan fingerprint density at radius 2 is 2.00 bits per heavy atom. The average Bonchev–Trinajstić information content (AvgIpc) is 3.18. The standard InChI is InChI=1S/C21H22N4O2/c1-2-27-17-10-8-16(9-11-17)24-21(26)25-13-12-18-19(23-14-22-18)20(25)15-6-4-3-5-7-15/h3-11,14,20H,2,12-13H2,1H3,(H,22,23)(H,24,26). The SMILES string of the molecule is CCOc1ccc(NC(=O)N2CCc3[nH]cnc3C2c2ccccc2)cc1. The predicted octanol–water partition coefficient (Wildman–Crippen LogP) is 3.99. The molecule has 2 heterocycles. The summed E-state index contributed by atoms with van der Waals surface area (Å²) in [6.07, 6.45) is 2.46. The fraction of sp³-hybridized carbons (Fsp3) is 0.238. The van der Waals surface area contributed by atoms with Gasteiger partial charge in [-0.3, -0.25) is 0 Å². The van der Waals surface area contributed by atoms with Crippen LogP contribution in [0.4, 0.5) is 10.5 Å². The van der Waals surface area contributed by atoms with E-state index in [9.17, 15) is 4.79 Å². The van der Waals surface area contributed by atoms with Gasteiger partial charge in [-0.05, 0) is 36.8 Å². The summed E-state index contributed by atoms with van der Waals surface area (Å²) in [7, 11) is 0. The average molecular weight is 362 g/mol. The number of H-pyrrole nitrogens is 1.